The maximum absolute atomic E-state index is 12.2. The summed E-state index contributed by atoms with van der Waals surface area (Å²) in [5.74, 6) is 1.31. The Morgan fingerprint density at radius 2 is 1.32 bits per heavy atom. The molecule has 0 radical (unpaired) electrons. The first-order valence-electron chi connectivity index (χ1n) is 10.6. The number of hydrogen-bond acceptors (Lipinski definition) is 6. The lowest BCUT2D eigenvalue weighted by Gasteiger charge is -2.31. The van der Waals surface area contributed by atoms with E-state index in [1.54, 1.807) is 0 Å². The van der Waals surface area contributed by atoms with Crippen LogP contribution in [0.2, 0.25) is 0 Å². The molecule has 0 spiro atoms. The van der Waals surface area contributed by atoms with Crippen LogP contribution >= 0.6 is 0 Å². The fraction of sp³-hybridized carbons (Fsp3) is 0.417. The third-order valence-electron chi connectivity index (χ3n) is 7.98. The molecule has 2 saturated carbocycles. The van der Waals surface area contributed by atoms with Gasteiger partial charge in [0.1, 0.15) is 0 Å². The Morgan fingerprint density at radius 1 is 0.839 bits per heavy atom. The number of esters is 2. The van der Waals surface area contributed by atoms with Crippen molar-refractivity contribution >= 4 is 11.9 Å². The van der Waals surface area contributed by atoms with Crippen molar-refractivity contribution in [1.29, 1.82) is 0 Å². The van der Waals surface area contributed by atoms with E-state index in [0.29, 0.717) is 29.4 Å². The maximum Gasteiger partial charge on any atom is 0.337 e. The van der Waals surface area contributed by atoms with Crippen LogP contribution in [-0.4, -0.2) is 40.9 Å². The number of aromatic hydroxyl groups is 2. The fourth-order valence-electron chi connectivity index (χ4n) is 7.01. The van der Waals surface area contributed by atoms with E-state index in [0.717, 1.165) is 17.5 Å². The molecule has 160 valence electrons. The van der Waals surface area contributed by atoms with E-state index in [-0.39, 0.29) is 34.7 Å². The number of aromatic nitrogens is 1. The Kier molecular flexibility index (Phi) is 3.68. The lowest BCUT2D eigenvalue weighted by molar-refractivity contribution is 0.0599. The Morgan fingerprint density at radius 3 is 1.77 bits per heavy atom. The number of ether oxygens (including phenoxy) is 2. The topological polar surface area (TPSA) is 98.0 Å². The van der Waals surface area contributed by atoms with Crippen LogP contribution in [0.1, 0.15) is 56.5 Å². The van der Waals surface area contributed by atoms with Gasteiger partial charge in [-0.1, -0.05) is 12.2 Å². The lowest BCUT2D eigenvalue weighted by Crippen LogP contribution is -2.24. The molecule has 7 heteroatoms. The number of rotatable bonds is 3. The van der Waals surface area contributed by atoms with Gasteiger partial charge in [-0.25, -0.2) is 9.59 Å². The van der Waals surface area contributed by atoms with Gasteiger partial charge in [0.2, 0.25) is 11.8 Å². The third-order valence-corrected chi connectivity index (χ3v) is 7.98. The second-order valence-corrected chi connectivity index (χ2v) is 9.11. The van der Waals surface area contributed by atoms with Gasteiger partial charge in [-0.2, -0.15) is 0 Å². The first-order valence-corrected chi connectivity index (χ1v) is 10.6. The minimum absolute atomic E-state index is 0.0111. The summed E-state index contributed by atoms with van der Waals surface area (Å²) in [7, 11) is 2.51. The number of allylic oxidation sites excluding steroid dienone is 2. The molecule has 7 nitrogen and oxygen atoms in total. The monoisotopic (exact) mass is 421 g/mol. The summed E-state index contributed by atoms with van der Waals surface area (Å²) < 4.78 is 11.0. The summed E-state index contributed by atoms with van der Waals surface area (Å²) in [6, 6.07) is 4.38. The van der Waals surface area contributed by atoms with Crippen LogP contribution in [-0.2, 0) is 9.47 Å². The summed E-state index contributed by atoms with van der Waals surface area (Å²) in [6.45, 7) is 0. The van der Waals surface area contributed by atoms with Crippen molar-refractivity contribution in [2.75, 3.05) is 14.2 Å². The standard InChI is InChI=1S/C24H23NO6/c1-30-23(28)12-6-13(24(29)31-2)8-14(7-12)25-21(26)19-15-9-16(20(19)22(25)27)18-11-4-3-10(5-11)17(15)18/h3-4,6-8,10-11,15-18,26-27H,5,9H2,1-2H3. The molecule has 6 atom stereocenters. The zero-order valence-electron chi connectivity index (χ0n) is 17.2. The molecule has 1 heterocycles. The number of carbonyl (C=O) groups is 2. The van der Waals surface area contributed by atoms with Gasteiger partial charge in [-0.15, -0.1) is 0 Å². The molecule has 4 aliphatic carbocycles. The predicted octanol–water partition coefficient (Wildman–Crippen LogP) is 3.48. The van der Waals surface area contributed by atoms with E-state index in [9.17, 15) is 19.8 Å². The normalized spacial score (nSPS) is 31.0. The highest BCUT2D eigenvalue weighted by atomic mass is 16.5. The molecule has 4 aliphatic rings. The molecule has 2 N–H and O–H groups in total. The molecule has 31 heavy (non-hydrogen) atoms. The smallest absolute Gasteiger partial charge is 0.337 e. The number of methoxy groups -OCH3 is 2. The molecule has 0 amide bonds. The van der Waals surface area contributed by atoms with Crippen molar-refractivity contribution in [3.8, 4) is 17.4 Å². The molecule has 0 saturated heterocycles. The van der Waals surface area contributed by atoms with E-state index in [2.05, 4.69) is 12.2 Å². The van der Waals surface area contributed by atoms with E-state index in [4.69, 9.17) is 9.47 Å². The van der Waals surface area contributed by atoms with Crippen LogP contribution < -0.4 is 0 Å². The van der Waals surface area contributed by atoms with Gasteiger partial charge >= 0.3 is 11.9 Å². The predicted molar refractivity (Wildman–Crippen MR) is 110 cm³/mol. The second-order valence-electron chi connectivity index (χ2n) is 9.11. The first-order chi connectivity index (χ1) is 14.9. The van der Waals surface area contributed by atoms with Crippen LogP contribution in [0.15, 0.2) is 30.4 Å². The summed E-state index contributed by atoms with van der Waals surface area (Å²) in [6.07, 6.45) is 6.79. The second kappa shape index (κ2) is 6.15. The van der Waals surface area contributed by atoms with E-state index >= 15 is 0 Å². The van der Waals surface area contributed by atoms with Gasteiger partial charge in [-0.3, -0.25) is 4.57 Å². The fourth-order valence-corrected chi connectivity index (χ4v) is 7.01. The summed E-state index contributed by atoms with van der Waals surface area (Å²) in [5.41, 5.74) is 2.24. The Labute approximate surface area is 178 Å². The van der Waals surface area contributed by atoms with Crippen LogP contribution in [0.3, 0.4) is 0 Å². The molecule has 6 rings (SSSR count). The van der Waals surface area contributed by atoms with Crippen molar-refractivity contribution in [2.24, 2.45) is 23.7 Å². The highest BCUT2D eigenvalue weighted by molar-refractivity contribution is 5.96. The van der Waals surface area contributed by atoms with E-state index < -0.39 is 11.9 Å². The highest BCUT2D eigenvalue weighted by Gasteiger charge is 2.62. The molecular formula is C24H23NO6. The molecule has 2 aromatic rings. The molecular weight excluding hydrogens is 398 g/mol. The van der Waals surface area contributed by atoms with Gasteiger partial charge in [-0.05, 0) is 66.5 Å². The Balaban J connectivity index is 1.51. The van der Waals surface area contributed by atoms with Crippen LogP contribution in [0.25, 0.3) is 5.69 Å². The van der Waals surface area contributed by atoms with Crippen LogP contribution in [0, 0.1) is 23.7 Å². The van der Waals surface area contributed by atoms with Crippen molar-refractivity contribution in [3.63, 3.8) is 0 Å². The summed E-state index contributed by atoms with van der Waals surface area (Å²) >= 11 is 0. The van der Waals surface area contributed by atoms with Gasteiger partial charge in [0.05, 0.1) is 31.0 Å². The number of hydrogen-bond donors (Lipinski definition) is 2. The minimum atomic E-state index is -0.622. The summed E-state index contributed by atoms with van der Waals surface area (Å²) in [5, 5.41) is 22.4. The van der Waals surface area contributed by atoms with Gasteiger partial charge in [0.25, 0.3) is 0 Å². The van der Waals surface area contributed by atoms with Crippen LogP contribution in [0.4, 0.5) is 0 Å². The van der Waals surface area contributed by atoms with Crippen LogP contribution in [0.5, 0.6) is 11.8 Å². The number of fused-ring (bicyclic) bond motifs is 12. The van der Waals surface area contributed by atoms with E-state index in [1.807, 2.05) is 0 Å². The molecule has 4 bridgehead atoms. The van der Waals surface area contributed by atoms with Crippen molar-refractivity contribution in [2.45, 2.75) is 24.7 Å². The highest BCUT2D eigenvalue weighted by Crippen LogP contribution is 2.72. The minimum Gasteiger partial charge on any atom is -0.494 e. The SMILES string of the molecule is COC(=O)c1cc(C(=O)OC)cc(-n2c(O)c3c(c2O)C2CC3C3C4C=CC(C4)C23)c1. The average Bonchev–Trinajstić information content (AvgIpc) is 3.58. The van der Waals surface area contributed by atoms with Gasteiger partial charge < -0.3 is 19.7 Å². The van der Waals surface area contributed by atoms with Crippen molar-refractivity contribution in [1.82, 2.24) is 4.57 Å². The molecule has 1 aromatic carbocycles. The Bertz CT molecular complexity index is 1100. The average molecular weight is 421 g/mol. The molecule has 1 aromatic heterocycles. The van der Waals surface area contributed by atoms with Gasteiger partial charge in [0, 0.05) is 11.1 Å². The molecule has 0 aliphatic heterocycles. The van der Waals surface area contributed by atoms with Crippen molar-refractivity contribution in [3.05, 3.63) is 52.6 Å². The largest absolute Gasteiger partial charge is 0.494 e. The van der Waals surface area contributed by atoms with E-state index in [1.165, 1.54) is 43.4 Å². The number of carbonyl (C=O) groups excluding carboxylic acids is 2. The maximum atomic E-state index is 12.2. The summed E-state index contributed by atoms with van der Waals surface area (Å²) in [4.78, 5) is 24.4. The number of nitrogens with zero attached hydrogens (tertiary/aromatic N) is 1. The van der Waals surface area contributed by atoms with Crippen molar-refractivity contribution < 1.29 is 29.3 Å². The quantitative estimate of drug-likeness (QED) is 0.447. The zero-order chi connectivity index (χ0) is 21.6. The lowest BCUT2D eigenvalue weighted by atomic mass is 9.72. The number of benzene rings is 1. The molecule has 2 fully saturated rings. The molecule has 6 unspecified atom stereocenters. The third kappa shape index (κ3) is 2.23. The Hall–Kier alpha value is -3.22. The van der Waals surface area contributed by atoms with Gasteiger partial charge in [0.15, 0.2) is 0 Å². The zero-order valence-corrected chi connectivity index (χ0v) is 17.2. The first kappa shape index (κ1) is 18.5.